The minimum absolute atomic E-state index is 0.377. The number of hydrogen-bond donors (Lipinski definition) is 3. The Morgan fingerprint density at radius 1 is 1.39 bits per heavy atom. The lowest BCUT2D eigenvalue weighted by molar-refractivity contribution is 0.586. The molecule has 0 unspecified atom stereocenters. The SMILES string of the molecule is CS(=O)(=O)NCCCNc1ccc(C#N)cc1N. The maximum absolute atomic E-state index is 10.8. The van der Waals surface area contributed by atoms with E-state index in [1.807, 2.05) is 6.07 Å². The van der Waals surface area contributed by atoms with Gasteiger partial charge in [-0.2, -0.15) is 5.26 Å². The van der Waals surface area contributed by atoms with Crippen LogP contribution in [0.2, 0.25) is 0 Å². The first-order valence-electron chi connectivity index (χ1n) is 5.40. The van der Waals surface area contributed by atoms with Crippen LogP contribution in [0.25, 0.3) is 0 Å². The van der Waals surface area contributed by atoms with Gasteiger partial charge in [-0.3, -0.25) is 0 Å². The molecule has 0 atom stereocenters. The van der Waals surface area contributed by atoms with Gasteiger partial charge in [0.15, 0.2) is 0 Å². The van der Waals surface area contributed by atoms with Gasteiger partial charge in [-0.25, -0.2) is 13.1 Å². The molecule has 7 heteroatoms. The molecule has 1 aromatic carbocycles. The van der Waals surface area contributed by atoms with Crippen LogP contribution in [0.4, 0.5) is 11.4 Å². The highest BCUT2D eigenvalue weighted by molar-refractivity contribution is 7.88. The van der Waals surface area contributed by atoms with Gasteiger partial charge >= 0.3 is 0 Å². The second-order valence-corrected chi connectivity index (χ2v) is 5.69. The van der Waals surface area contributed by atoms with E-state index < -0.39 is 10.0 Å². The minimum atomic E-state index is -3.12. The summed E-state index contributed by atoms with van der Waals surface area (Å²) in [7, 11) is -3.12. The lowest BCUT2D eigenvalue weighted by Gasteiger charge is -2.09. The first-order valence-corrected chi connectivity index (χ1v) is 7.29. The summed E-state index contributed by atoms with van der Waals surface area (Å²) in [5.41, 5.74) is 7.52. The van der Waals surface area contributed by atoms with Gasteiger partial charge in [0.25, 0.3) is 0 Å². The zero-order chi connectivity index (χ0) is 13.6. The van der Waals surface area contributed by atoms with Crippen molar-refractivity contribution in [3.05, 3.63) is 23.8 Å². The van der Waals surface area contributed by atoms with Crippen LogP contribution < -0.4 is 15.8 Å². The molecule has 0 aliphatic heterocycles. The molecule has 6 nitrogen and oxygen atoms in total. The molecular weight excluding hydrogens is 252 g/mol. The van der Waals surface area contributed by atoms with Gasteiger partial charge in [-0.1, -0.05) is 0 Å². The molecule has 0 aromatic heterocycles. The maximum atomic E-state index is 10.8. The van der Waals surface area contributed by atoms with Crippen molar-refractivity contribution in [1.29, 1.82) is 5.26 Å². The molecule has 0 spiro atoms. The number of nitrogens with zero attached hydrogens (tertiary/aromatic N) is 1. The van der Waals surface area contributed by atoms with E-state index in [1.165, 1.54) is 0 Å². The molecule has 0 radical (unpaired) electrons. The van der Waals surface area contributed by atoms with Crippen LogP contribution in [-0.2, 0) is 10.0 Å². The molecule has 0 fully saturated rings. The fourth-order valence-electron chi connectivity index (χ4n) is 1.36. The van der Waals surface area contributed by atoms with E-state index in [0.29, 0.717) is 30.8 Å². The van der Waals surface area contributed by atoms with Crippen molar-refractivity contribution >= 4 is 21.4 Å². The lowest BCUT2D eigenvalue weighted by Crippen LogP contribution is -2.24. The molecule has 0 amide bonds. The molecule has 0 aliphatic rings. The Morgan fingerprint density at radius 2 is 2.11 bits per heavy atom. The van der Waals surface area contributed by atoms with Crippen LogP contribution in [0, 0.1) is 11.3 Å². The fraction of sp³-hybridized carbons (Fsp3) is 0.364. The predicted molar refractivity (Wildman–Crippen MR) is 71.5 cm³/mol. The number of nitriles is 1. The van der Waals surface area contributed by atoms with Gasteiger partial charge in [0.05, 0.1) is 29.3 Å². The molecule has 0 heterocycles. The first-order chi connectivity index (χ1) is 8.42. The fourth-order valence-corrected chi connectivity index (χ4v) is 1.88. The van der Waals surface area contributed by atoms with Crippen LogP contribution >= 0.6 is 0 Å². The van der Waals surface area contributed by atoms with Crippen LogP contribution in [0.3, 0.4) is 0 Å². The summed E-state index contributed by atoms with van der Waals surface area (Å²) in [6.07, 6.45) is 1.77. The Kier molecular flexibility index (Phi) is 4.95. The van der Waals surface area contributed by atoms with E-state index in [1.54, 1.807) is 18.2 Å². The van der Waals surface area contributed by atoms with Crippen molar-refractivity contribution in [3.63, 3.8) is 0 Å². The highest BCUT2D eigenvalue weighted by Crippen LogP contribution is 2.19. The van der Waals surface area contributed by atoms with Gasteiger partial charge in [0, 0.05) is 13.1 Å². The molecule has 1 aromatic rings. The van der Waals surface area contributed by atoms with Crippen molar-refractivity contribution in [2.45, 2.75) is 6.42 Å². The van der Waals surface area contributed by atoms with E-state index in [4.69, 9.17) is 11.0 Å². The van der Waals surface area contributed by atoms with E-state index in [2.05, 4.69) is 10.0 Å². The highest BCUT2D eigenvalue weighted by Gasteiger charge is 2.01. The smallest absolute Gasteiger partial charge is 0.208 e. The second-order valence-electron chi connectivity index (χ2n) is 3.86. The number of rotatable bonds is 6. The van der Waals surface area contributed by atoms with E-state index in [0.717, 1.165) is 11.9 Å². The molecule has 0 bridgehead atoms. The lowest BCUT2D eigenvalue weighted by atomic mass is 10.2. The molecule has 0 saturated heterocycles. The molecular formula is C11H16N4O2S. The number of hydrogen-bond acceptors (Lipinski definition) is 5. The third-order valence-electron chi connectivity index (χ3n) is 2.21. The molecule has 1 rings (SSSR count). The number of nitrogen functional groups attached to an aromatic ring is 1. The summed E-state index contributed by atoms with van der Waals surface area (Å²) in [4.78, 5) is 0. The average Bonchev–Trinajstić information content (AvgIpc) is 2.29. The highest BCUT2D eigenvalue weighted by atomic mass is 32.2. The Labute approximate surface area is 107 Å². The molecule has 0 saturated carbocycles. The number of anilines is 2. The van der Waals surface area contributed by atoms with Gasteiger partial charge in [0.2, 0.25) is 10.0 Å². The zero-order valence-corrected chi connectivity index (χ0v) is 10.9. The molecule has 0 aliphatic carbocycles. The van der Waals surface area contributed by atoms with Crippen LogP contribution in [0.5, 0.6) is 0 Å². The monoisotopic (exact) mass is 268 g/mol. The summed E-state index contributed by atoms with van der Waals surface area (Å²) in [6.45, 7) is 0.973. The Balaban J connectivity index is 2.39. The number of sulfonamides is 1. The number of nitrogens with one attached hydrogen (secondary N) is 2. The summed E-state index contributed by atoms with van der Waals surface area (Å²) >= 11 is 0. The van der Waals surface area contributed by atoms with E-state index in [9.17, 15) is 8.42 Å². The van der Waals surface area contributed by atoms with Gasteiger partial charge in [-0.15, -0.1) is 0 Å². The Bertz CT molecular complexity index is 549. The van der Waals surface area contributed by atoms with Crippen molar-refractivity contribution in [2.24, 2.45) is 0 Å². The van der Waals surface area contributed by atoms with Crippen LogP contribution in [0.1, 0.15) is 12.0 Å². The Morgan fingerprint density at radius 3 is 2.67 bits per heavy atom. The quantitative estimate of drug-likeness (QED) is 0.514. The minimum Gasteiger partial charge on any atom is -0.397 e. The third kappa shape index (κ3) is 5.03. The first kappa shape index (κ1) is 14.3. The number of benzene rings is 1. The standard InChI is InChI=1S/C11H16N4O2S/c1-18(16,17)15-6-2-5-14-11-4-3-9(8-12)7-10(11)13/h3-4,7,14-15H,2,5-6,13H2,1H3. The summed E-state index contributed by atoms with van der Waals surface area (Å²) in [5, 5.41) is 11.8. The van der Waals surface area contributed by atoms with Crippen molar-refractivity contribution in [1.82, 2.24) is 4.72 Å². The predicted octanol–water partition coefficient (Wildman–Crippen LogP) is 0.492. The van der Waals surface area contributed by atoms with Crippen LogP contribution in [-0.4, -0.2) is 27.8 Å². The summed E-state index contributed by atoms with van der Waals surface area (Å²) < 4.78 is 24.0. The van der Waals surface area contributed by atoms with E-state index in [-0.39, 0.29) is 0 Å². The normalized spacial score (nSPS) is 10.9. The second kappa shape index (κ2) is 6.23. The third-order valence-corrected chi connectivity index (χ3v) is 2.94. The maximum Gasteiger partial charge on any atom is 0.208 e. The largest absolute Gasteiger partial charge is 0.397 e. The van der Waals surface area contributed by atoms with Crippen molar-refractivity contribution < 1.29 is 8.42 Å². The average molecular weight is 268 g/mol. The number of nitrogens with two attached hydrogens (primary N) is 1. The van der Waals surface area contributed by atoms with Crippen molar-refractivity contribution in [3.8, 4) is 6.07 Å². The molecule has 18 heavy (non-hydrogen) atoms. The van der Waals surface area contributed by atoms with E-state index >= 15 is 0 Å². The molecule has 4 N–H and O–H groups in total. The molecule has 98 valence electrons. The van der Waals surface area contributed by atoms with Crippen LogP contribution in [0.15, 0.2) is 18.2 Å². The van der Waals surface area contributed by atoms with Gasteiger partial charge in [-0.05, 0) is 24.6 Å². The van der Waals surface area contributed by atoms with Gasteiger partial charge in [0.1, 0.15) is 0 Å². The summed E-state index contributed by atoms with van der Waals surface area (Å²) in [6, 6.07) is 7.01. The topological polar surface area (TPSA) is 108 Å². The van der Waals surface area contributed by atoms with Crippen molar-refractivity contribution in [2.75, 3.05) is 30.4 Å². The zero-order valence-electron chi connectivity index (χ0n) is 10.1. The van der Waals surface area contributed by atoms with Gasteiger partial charge < -0.3 is 11.1 Å². The summed E-state index contributed by atoms with van der Waals surface area (Å²) in [5.74, 6) is 0. The Hall–Kier alpha value is -1.78.